The number of fused-ring (bicyclic) bond motifs is 2. The van der Waals surface area contributed by atoms with Crippen molar-refractivity contribution in [3.8, 4) is 23.0 Å². The number of nitrogens with one attached hydrogen (secondary N) is 1. The lowest BCUT2D eigenvalue weighted by atomic mass is 9.94. The molecule has 4 heterocycles. The fourth-order valence-electron chi connectivity index (χ4n) is 6.42. The Morgan fingerprint density at radius 2 is 2.02 bits per heavy atom. The van der Waals surface area contributed by atoms with Crippen LogP contribution in [0.25, 0.3) is 32.9 Å². The van der Waals surface area contributed by atoms with E-state index in [0.717, 1.165) is 25.8 Å². The molecular weight excluding hydrogens is 571 g/mol. The van der Waals surface area contributed by atoms with E-state index in [2.05, 4.69) is 27.1 Å². The Morgan fingerprint density at radius 1 is 1.16 bits per heavy atom. The molecule has 0 spiro atoms. The number of benzene rings is 2. The van der Waals surface area contributed by atoms with E-state index in [1.807, 2.05) is 6.92 Å². The van der Waals surface area contributed by atoms with Crippen LogP contribution in [0.2, 0.25) is 0 Å². The number of ether oxygens (including phenoxy) is 2. The number of rotatable bonds is 6. The number of phenols is 1. The number of halogens is 3. The molecule has 4 aromatic rings. The summed E-state index contributed by atoms with van der Waals surface area (Å²) in [4.78, 5) is 15.8. The van der Waals surface area contributed by atoms with Crippen LogP contribution in [0.3, 0.4) is 0 Å². The van der Waals surface area contributed by atoms with Gasteiger partial charge in [0.1, 0.15) is 34.8 Å². The summed E-state index contributed by atoms with van der Waals surface area (Å²) < 4.78 is 57.8. The Bertz CT molecular complexity index is 1660. The van der Waals surface area contributed by atoms with E-state index >= 15 is 4.39 Å². The monoisotopic (exact) mass is 609 g/mol. The molecule has 2 aromatic carbocycles. The summed E-state index contributed by atoms with van der Waals surface area (Å²) in [6.45, 7) is 6.77. The molecule has 0 bridgehead atoms. The first kappa shape index (κ1) is 30.3. The first-order chi connectivity index (χ1) is 21.3. The Balaban J connectivity index is 1.48. The van der Waals surface area contributed by atoms with Gasteiger partial charge in [0.25, 0.3) is 0 Å². The van der Waals surface area contributed by atoms with Gasteiger partial charge in [-0.3, -0.25) is 4.98 Å². The van der Waals surface area contributed by atoms with Crippen LogP contribution in [0, 0.1) is 17.6 Å². The van der Waals surface area contributed by atoms with Gasteiger partial charge in [0.2, 0.25) is 0 Å². The normalized spacial score (nSPS) is 21.7. The summed E-state index contributed by atoms with van der Waals surface area (Å²) in [5.41, 5.74) is 0.620. The summed E-state index contributed by atoms with van der Waals surface area (Å²) in [6.07, 6.45) is 3.72. The summed E-state index contributed by atoms with van der Waals surface area (Å²) in [6, 6.07) is 5.89. The van der Waals surface area contributed by atoms with Crippen LogP contribution in [-0.4, -0.2) is 71.7 Å². The Hall–Kier alpha value is -3.70. The van der Waals surface area contributed by atoms with Crippen LogP contribution < -0.4 is 15.0 Å². The lowest BCUT2D eigenvalue weighted by Crippen LogP contribution is -2.35. The molecule has 2 aliphatic heterocycles. The third-order valence-corrected chi connectivity index (χ3v) is 8.73. The summed E-state index contributed by atoms with van der Waals surface area (Å²) in [5, 5.41) is 15.1. The number of nitrogens with zero attached hydrogens (tertiary/aromatic N) is 4. The molecule has 44 heavy (non-hydrogen) atoms. The second kappa shape index (κ2) is 13.1. The van der Waals surface area contributed by atoms with E-state index in [9.17, 15) is 13.9 Å². The number of aromatic hydroxyl groups is 1. The van der Waals surface area contributed by atoms with Gasteiger partial charge in [0.15, 0.2) is 5.82 Å². The molecule has 2 aromatic heterocycles. The molecule has 2 saturated heterocycles. The number of aromatic nitrogens is 3. The lowest BCUT2D eigenvalue weighted by molar-refractivity contribution is 0.150. The fraction of sp³-hybridized carbons (Fsp3) is 0.485. The van der Waals surface area contributed by atoms with Gasteiger partial charge in [-0.1, -0.05) is 13.0 Å². The predicted molar refractivity (Wildman–Crippen MR) is 164 cm³/mol. The van der Waals surface area contributed by atoms with Gasteiger partial charge in [-0.15, -0.1) is 0 Å². The average molecular weight is 610 g/mol. The molecule has 0 amide bonds. The van der Waals surface area contributed by atoms with Crippen molar-refractivity contribution in [1.82, 2.24) is 20.3 Å². The number of phenolic OH excluding ortho intramolecular Hbond substituents is 1. The van der Waals surface area contributed by atoms with Gasteiger partial charge < -0.3 is 24.8 Å². The fourth-order valence-corrected chi connectivity index (χ4v) is 6.42. The van der Waals surface area contributed by atoms with Crippen molar-refractivity contribution < 1.29 is 27.8 Å². The highest BCUT2D eigenvalue weighted by atomic mass is 19.1. The van der Waals surface area contributed by atoms with Gasteiger partial charge >= 0.3 is 6.01 Å². The molecule has 6 rings (SSSR count). The van der Waals surface area contributed by atoms with Crippen LogP contribution in [0.1, 0.15) is 45.1 Å². The second-order valence-corrected chi connectivity index (χ2v) is 11.8. The van der Waals surface area contributed by atoms with Crippen LogP contribution in [0.5, 0.6) is 11.8 Å². The highest BCUT2D eigenvalue weighted by molar-refractivity contribution is 6.01. The standard InChI is InChI=1S/C33H38F3N5O3/c1-3-24-27(35)7-6-21-14-23(42)15-25(28(21)24)30-29(36)31-26(17-38-30)32(41-10-12-43-11-8-19(41)2)40-33(39-31)44-18-20-5-4-9-37-16-22(34)13-20/h6-7,14-15,17,19-20,22,37,42H,3-5,8-13,16,18H2,1-2H3/t19-,20+,22+/m0/s1. The van der Waals surface area contributed by atoms with Gasteiger partial charge in [-0.05, 0) is 86.0 Å². The zero-order valence-corrected chi connectivity index (χ0v) is 25.1. The maximum absolute atomic E-state index is 16.7. The van der Waals surface area contributed by atoms with E-state index < -0.39 is 17.8 Å². The minimum Gasteiger partial charge on any atom is -0.508 e. The van der Waals surface area contributed by atoms with Crippen LogP contribution >= 0.6 is 0 Å². The molecule has 0 aliphatic carbocycles. The van der Waals surface area contributed by atoms with Gasteiger partial charge in [-0.2, -0.15) is 9.97 Å². The first-order valence-electron chi connectivity index (χ1n) is 15.5. The summed E-state index contributed by atoms with van der Waals surface area (Å²) in [7, 11) is 0. The topological polar surface area (TPSA) is 92.6 Å². The van der Waals surface area contributed by atoms with Crippen molar-refractivity contribution in [1.29, 1.82) is 0 Å². The van der Waals surface area contributed by atoms with E-state index in [4.69, 9.17) is 14.5 Å². The number of anilines is 1. The quantitative estimate of drug-likeness (QED) is 0.271. The van der Waals surface area contributed by atoms with Gasteiger partial charge in [-0.25, -0.2) is 13.2 Å². The first-order valence-corrected chi connectivity index (χ1v) is 15.5. The number of alkyl halides is 1. The van der Waals surface area contributed by atoms with E-state index in [-0.39, 0.29) is 47.1 Å². The minimum atomic E-state index is -0.976. The summed E-state index contributed by atoms with van der Waals surface area (Å²) >= 11 is 0. The molecule has 2 N–H and O–H groups in total. The van der Waals surface area contributed by atoms with E-state index in [1.165, 1.54) is 24.4 Å². The smallest absolute Gasteiger partial charge is 0.319 e. The molecule has 11 heteroatoms. The van der Waals surface area contributed by atoms with Crippen LogP contribution in [0.15, 0.2) is 30.5 Å². The van der Waals surface area contributed by atoms with E-state index in [1.54, 1.807) is 6.07 Å². The highest BCUT2D eigenvalue weighted by Crippen LogP contribution is 2.39. The Kier molecular flexibility index (Phi) is 9.04. The number of hydrogen-bond acceptors (Lipinski definition) is 8. The van der Waals surface area contributed by atoms with Gasteiger partial charge in [0, 0.05) is 37.5 Å². The molecule has 2 aliphatic rings. The molecule has 8 nitrogen and oxygen atoms in total. The Morgan fingerprint density at radius 3 is 2.86 bits per heavy atom. The lowest BCUT2D eigenvalue weighted by Gasteiger charge is -2.29. The predicted octanol–water partition coefficient (Wildman–Crippen LogP) is 6.11. The maximum Gasteiger partial charge on any atom is 0.319 e. The minimum absolute atomic E-state index is 0.00225. The average Bonchev–Trinajstić information content (AvgIpc) is 3.22. The highest BCUT2D eigenvalue weighted by Gasteiger charge is 2.27. The van der Waals surface area contributed by atoms with Crippen LogP contribution in [0.4, 0.5) is 19.0 Å². The van der Waals surface area contributed by atoms with Gasteiger partial charge in [0.05, 0.1) is 18.6 Å². The molecule has 0 radical (unpaired) electrons. The van der Waals surface area contributed by atoms with Crippen molar-refractivity contribution in [3.63, 3.8) is 0 Å². The third-order valence-electron chi connectivity index (χ3n) is 8.73. The molecule has 2 fully saturated rings. The van der Waals surface area contributed by atoms with Crippen LogP contribution in [-0.2, 0) is 11.2 Å². The number of aryl methyl sites for hydroxylation is 1. The summed E-state index contributed by atoms with van der Waals surface area (Å²) in [5.74, 6) is -0.777. The van der Waals surface area contributed by atoms with Crippen molar-refractivity contribution in [3.05, 3.63) is 47.7 Å². The molecule has 234 valence electrons. The molecular formula is C33H38F3N5O3. The molecule has 3 atom stereocenters. The number of hydrogen-bond donors (Lipinski definition) is 2. The zero-order valence-electron chi connectivity index (χ0n) is 25.1. The van der Waals surface area contributed by atoms with Crippen molar-refractivity contribution >= 4 is 27.5 Å². The second-order valence-electron chi connectivity index (χ2n) is 11.8. The largest absolute Gasteiger partial charge is 0.508 e. The number of pyridine rings is 1. The Labute approximate surface area is 254 Å². The molecule has 0 saturated carbocycles. The van der Waals surface area contributed by atoms with Crippen molar-refractivity contribution in [2.24, 2.45) is 5.92 Å². The van der Waals surface area contributed by atoms with Crippen molar-refractivity contribution in [2.75, 3.05) is 44.4 Å². The van der Waals surface area contributed by atoms with E-state index in [0.29, 0.717) is 66.7 Å². The third kappa shape index (κ3) is 6.12. The zero-order chi connectivity index (χ0) is 30.8. The SMILES string of the molecule is CCc1c(F)ccc2cc(O)cc(-c3ncc4c(N5CCOCC[C@@H]5C)nc(OC[C@@H]5CCCNC[C@H](F)C5)nc4c3F)c12. The maximum atomic E-state index is 16.7. The molecule has 0 unspecified atom stereocenters. The van der Waals surface area contributed by atoms with Crippen molar-refractivity contribution in [2.45, 2.75) is 58.2 Å².